The summed E-state index contributed by atoms with van der Waals surface area (Å²) in [6.45, 7) is 0.444. The molecule has 0 aliphatic heterocycles. The number of hydrogen-bond donors (Lipinski definition) is 2. The topological polar surface area (TPSA) is 32.3 Å². The average Bonchev–Trinajstić information content (AvgIpc) is 2.40. The van der Waals surface area contributed by atoms with Gasteiger partial charge in [-0.1, -0.05) is 36.4 Å². The first-order chi connectivity index (χ1) is 8.72. The number of hydrogen-bond acceptors (Lipinski definition) is 2. The highest BCUT2D eigenvalue weighted by atomic mass is 19.1. The van der Waals surface area contributed by atoms with E-state index >= 15 is 0 Å². The highest BCUT2D eigenvalue weighted by molar-refractivity contribution is 5.64. The number of halogens is 1. The number of aliphatic hydroxyl groups is 1. The molecule has 0 aliphatic carbocycles. The summed E-state index contributed by atoms with van der Waals surface area (Å²) in [6, 6.07) is 14.0. The minimum absolute atomic E-state index is 0.276. The third-order valence-electron chi connectivity index (χ3n) is 2.86. The van der Waals surface area contributed by atoms with Gasteiger partial charge in [-0.3, -0.25) is 0 Å². The van der Waals surface area contributed by atoms with Crippen LogP contribution in [0.15, 0.2) is 48.5 Å². The van der Waals surface area contributed by atoms with Gasteiger partial charge < -0.3 is 10.4 Å². The summed E-state index contributed by atoms with van der Waals surface area (Å²) in [4.78, 5) is 0. The van der Waals surface area contributed by atoms with Crippen LogP contribution in [0.4, 0.5) is 4.39 Å². The molecular weight excluding hydrogens is 229 g/mol. The van der Waals surface area contributed by atoms with Crippen molar-refractivity contribution >= 4 is 0 Å². The second kappa shape index (κ2) is 5.76. The van der Waals surface area contributed by atoms with E-state index < -0.39 is 6.10 Å². The van der Waals surface area contributed by atoms with E-state index in [2.05, 4.69) is 5.32 Å². The lowest BCUT2D eigenvalue weighted by Crippen LogP contribution is -2.16. The molecule has 0 amide bonds. The van der Waals surface area contributed by atoms with E-state index in [0.29, 0.717) is 17.7 Å². The molecular formula is C15H16FNO. The predicted octanol–water partition coefficient (Wildman–Crippen LogP) is 2.75. The van der Waals surface area contributed by atoms with Crippen molar-refractivity contribution in [2.45, 2.75) is 6.10 Å². The normalized spacial score (nSPS) is 12.4. The third-order valence-corrected chi connectivity index (χ3v) is 2.86. The van der Waals surface area contributed by atoms with Crippen LogP contribution in [0.25, 0.3) is 11.1 Å². The molecule has 0 bridgehead atoms. The number of nitrogens with one attached hydrogen (secondary N) is 1. The van der Waals surface area contributed by atoms with Crippen LogP contribution in [0.2, 0.25) is 0 Å². The van der Waals surface area contributed by atoms with Gasteiger partial charge in [-0.25, -0.2) is 4.39 Å². The summed E-state index contributed by atoms with van der Waals surface area (Å²) in [6.07, 6.45) is -0.627. The monoisotopic (exact) mass is 245 g/mol. The number of aliphatic hydroxyl groups excluding tert-OH is 1. The van der Waals surface area contributed by atoms with Gasteiger partial charge in [0.1, 0.15) is 5.82 Å². The molecule has 2 aromatic rings. The second-order valence-corrected chi connectivity index (χ2v) is 4.18. The Balaban J connectivity index is 2.39. The van der Waals surface area contributed by atoms with Crippen molar-refractivity contribution in [3.63, 3.8) is 0 Å². The Morgan fingerprint density at radius 1 is 1.17 bits per heavy atom. The molecule has 2 nitrogen and oxygen atoms in total. The Labute approximate surface area is 106 Å². The highest BCUT2D eigenvalue weighted by Gasteiger charge is 2.11. The largest absolute Gasteiger partial charge is 0.387 e. The predicted molar refractivity (Wildman–Crippen MR) is 70.7 cm³/mol. The van der Waals surface area contributed by atoms with Gasteiger partial charge in [0.2, 0.25) is 0 Å². The SMILES string of the molecule is CNCC(O)c1ccc(F)c(-c2ccccc2)c1. The average molecular weight is 245 g/mol. The number of benzene rings is 2. The summed E-state index contributed by atoms with van der Waals surface area (Å²) in [5.74, 6) is -0.276. The van der Waals surface area contributed by atoms with E-state index in [0.717, 1.165) is 5.56 Å². The maximum atomic E-state index is 13.8. The van der Waals surface area contributed by atoms with E-state index in [1.165, 1.54) is 6.07 Å². The molecule has 0 saturated heterocycles. The molecule has 0 spiro atoms. The maximum absolute atomic E-state index is 13.8. The summed E-state index contributed by atoms with van der Waals surface area (Å²) in [5.41, 5.74) is 2.04. The molecule has 1 atom stereocenters. The first-order valence-electron chi connectivity index (χ1n) is 5.90. The van der Waals surface area contributed by atoms with Crippen molar-refractivity contribution in [3.05, 3.63) is 59.9 Å². The molecule has 0 fully saturated rings. The molecule has 2 N–H and O–H groups in total. The lowest BCUT2D eigenvalue weighted by atomic mass is 10.00. The van der Waals surface area contributed by atoms with Gasteiger partial charge >= 0.3 is 0 Å². The smallest absolute Gasteiger partial charge is 0.131 e. The molecule has 0 radical (unpaired) electrons. The van der Waals surface area contributed by atoms with Crippen molar-refractivity contribution in [3.8, 4) is 11.1 Å². The summed E-state index contributed by atoms with van der Waals surface area (Å²) < 4.78 is 13.8. The quantitative estimate of drug-likeness (QED) is 0.868. The minimum atomic E-state index is -0.627. The van der Waals surface area contributed by atoms with E-state index in [1.54, 1.807) is 19.2 Å². The van der Waals surface area contributed by atoms with Crippen LogP contribution in [0, 0.1) is 5.82 Å². The molecule has 0 heterocycles. The zero-order chi connectivity index (χ0) is 13.0. The van der Waals surface area contributed by atoms with Crippen LogP contribution in [0.5, 0.6) is 0 Å². The molecule has 0 aromatic heterocycles. The van der Waals surface area contributed by atoms with Gasteiger partial charge in [0, 0.05) is 12.1 Å². The first-order valence-corrected chi connectivity index (χ1v) is 5.90. The molecule has 2 aromatic carbocycles. The Morgan fingerprint density at radius 2 is 1.89 bits per heavy atom. The van der Waals surface area contributed by atoms with Crippen LogP contribution in [0.1, 0.15) is 11.7 Å². The number of rotatable bonds is 4. The maximum Gasteiger partial charge on any atom is 0.131 e. The Kier molecular flexibility index (Phi) is 4.07. The van der Waals surface area contributed by atoms with Crippen molar-refractivity contribution in [1.82, 2.24) is 5.32 Å². The molecule has 1 unspecified atom stereocenters. The van der Waals surface area contributed by atoms with E-state index in [4.69, 9.17) is 0 Å². The molecule has 3 heteroatoms. The van der Waals surface area contributed by atoms with Crippen LogP contribution in [-0.2, 0) is 0 Å². The standard InChI is InChI=1S/C15H16FNO/c1-17-10-15(18)12-7-8-14(16)13(9-12)11-5-3-2-4-6-11/h2-9,15,17-18H,10H2,1H3. The van der Waals surface area contributed by atoms with Crippen molar-refractivity contribution in [1.29, 1.82) is 0 Å². The van der Waals surface area contributed by atoms with E-state index in [-0.39, 0.29) is 5.82 Å². The first kappa shape index (κ1) is 12.7. The third kappa shape index (κ3) is 2.75. The summed E-state index contributed by atoms with van der Waals surface area (Å²) in [5, 5.41) is 12.8. The van der Waals surface area contributed by atoms with Crippen LogP contribution >= 0.6 is 0 Å². The Hall–Kier alpha value is -1.71. The zero-order valence-corrected chi connectivity index (χ0v) is 10.2. The number of likely N-dealkylation sites (N-methyl/N-ethyl adjacent to an activating group) is 1. The Bertz CT molecular complexity index is 513. The van der Waals surface area contributed by atoms with E-state index in [1.807, 2.05) is 30.3 Å². The zero-order valence-electron chi connectivity index (χ0n) is 10.2. The molecule has 0 saturated carbocycles. The van der Waals surface area contributed by atoms with Gasteiger partial charge in [-0.2, -0.15) is 0 Å². The minimum Gasteiger partial charge on any atom is -0.387 e. The fraction of sp³-hybridized carbons (Fsp3) is 0.200. The summed E-state index contributed by atoms with van der Waals surface area (Å²) >= 11 is 0. The van der Waals surface area contributed by atoms with Crippen LogP contribution < -0.4 is 5.32 Å². The van der Waals surface area contributed by atoms with Crippen molar-refractivity contribution in [2.75, 3.05) is 13.6 Å². The van der Waals surface area contributed by atoms with Gasteiger partial charge in [-0.05, 0) is 30.3 Å². The Morgan fingerprint density at radius 3 is 2.56 bits per heavy atom. The van der Waals surface area contributed by atoms with Gasteiger partial charge in [0.15, 0.2) is 0 Å². The van der Waals surface area contributed by atoms with Crippen LogP contribution in [0.3, 0.4) is 0 Å². The highest BCUT2D eigenvalue weighted by Crippen LogP contribution is 2.26. The van der Waals surface area contributed by atoms with Crippen molar-refractivity contribution in [2.24, 2.45) is 0 Å². The fourth-order valence-electron chi connectivity index (χ4n) is 1.90. The van der Waals surface area contributed by atoms with Crippen molar-refractivity contribution < 1.29 is 9.50 Å². The van der Waals surface area contributed by atoms with Gasteiger partial charge in [0.05, 0.1) is 6.10 Å². The van der Waals surface area contributed by atoms with Gasteiger partial charge in [0.25, 0.3) is 0 Å². The molecule has 0 aliphatic rings. The van der Waals surface area contributed by atoms with Crippen LogP contribution in [-0.4, -0.2) is 18.7 Å². The lowest BCUT2D eigenvalue weighted by molar-refractivity contribution is 0.178. The lowest BCUT2D eigenvalue weighted by Gasteiger charge is -2.12. The molecule has 94 valence electrons. The fourth-order valence-corrected chi connectivity index (χ4v) is 1.90. The summed E-state index contributed by atoms with van der Waals surface area (Å²) in [7, 11) is 1.77. The van der Waals surface area contributed by atoms with E-state index in [9.17, 15) is 9.50 Å². The molecule has 18 heavy (non-hydrogen) atoms. The second-order valence-electron chi connectivity index (χ2n) is 4.18. The molecule has 2 rings (SSSR count). The van der Waals surface area contributed by atoms with Gasteiger partial charge in [-0.15, -0.1) is 0 Å².